The third-order valence-electron chi connectivity index (χ3n) is 3.30. The maximum absolute atomic E-state index is 11.9. The van der Waals surface area contributed by atoms with Crippen molar-refractivity contribution in [3.05, 3.63) is 36.2 Å². The Labute approximate surface area is 129 Å². The summed E-state index contributed by atoms with van der Waals surface area (Å²) in [5, 5.41) is 14.9. The van der Waals surface area contributed by atoms with Gasteiger partial charge in [-0.15, -0.1) is 5.10 Å². The monoisotopic (exact) mass is 303 g/mol. The number of aromatic nitrogens is 4. The van der Waals surface area contributed by atoms with Crippen LogP contribution in [0.25, 0.3) is 5.69 Å². The van der Waals surface area contributed by atoms with E-state index in [2.05, 4.69) is 20.8 Å². The van der Waals surface area contributed by atoms with Crippen LogP contribution >= 0.6 is 0 Å². The minimum Gasteiger partial charge on any atom is -0.468 e. The first kappa shape index (κ1) is 16.1. The summed E-state index contributed by atoms with van der Waals surface area (Å²) in [6, 6.07) is 9.15. The molecule has 0 saturated heterocycles. The molecular weight excluding hydrogens is 282 g/mol. The Kier molecular flexibility index (Phi) is 4.87. The number of benzene rings is 1. The highest BCUT2D eigenvalue weighted by Gasteiger charge is 2.32. The molecular formula is C15H21N5O2. The van der Waals surface area contributed by atoms with Crippen molar-refractivity contribution in [2.75, 3.05) is 7.11 Å². The third-order valence-corrected chi connectivity index (χ3v) is 3.30. The summed E-state index contributed by atoms with van der Waals surface area (Å²) in [6.45, 7) is 6.28. The van der Waals surface area contributed by atoms with Gasteiger partial charge in [-0.1, -0.05) is 39.0 Å². The maximum Gasteiger partial charge on any atom is 0.323 e. The minimum absolute atomic E-state index is 0.280. The maximum atomic E-state index is 11.9. The van der Waals surface area contributed by atoms with E-state index in [9.17, 15) is 4.79 Å². The van der Waals surface area contributed by atoms with E-state index >= 15 is 0 Å². The number of carbonyl (C=O) groups is 1. The van der Waals surface area contributed by atoms with Crippen molar-refractivity contribution in [1.29, 1.82) is 0 Å². The van der Waals surface area contributed by atoms with Crippen LogP contribution in [0, 0.1) is 5.41 Å². The number of tetrazole rings is 1. The summed E-state index contributed by atoms with van der Waals surface area (Å²) in [5.74, 6) is 0.329. The fourth-order valence-corrected chi connectivity index (χ4v) is 2.14. The van der Waals surface area contributed by atoms with Crippen molar-refractivity contribution in [3.8, 4) is 5.69 Å². The van der Waals surface area contributed by atoms with Gasteiger partial charge in [-0.2, -0.15) is 4.68 Å². The Bertz CT molecular complexity index is 618. The molecule has 1 aromatic carbocycles. The van der Waals surface area contributed by atoms with Crippen LogP contribution < -0.4 is 5.32 Å². The number of nitrogens with zero attached hydrogens (tertiary/aromatic N) is 4. The summed E-state index contributed by atoms with van der Waals surface area (Å²) in [7, 11) is 1.39. The zero-order chi connectivity index (χ0) is 16.2. The molecule has 0 radical (unpaired) electrons. The predicted octanol–water partition coefficient (Wildman–Crippen LogP) is 1.34. The molecule has 22 heavy (non-hydrogen) atoms. The van der Waals surface area contributed by atoms with E-state index in [1.54, 1.807) is 4.68 Å². The highest BCUT2D eigenvalue weighted by molar-refractivity contribution is 5.76. The van der Waals surface area contributed by atoms with Gasteiger partial charge < -0.3 is 4.74 Å². The van der Waals surface area contributed by atoms with Crippen LogP contribution in [0.3, 0.4) is 0 Å². The van der Waals surface area contributed by atoms with Crippen molar-refractivity contribution in [2.45, 2.75) is 33.4 Å². The molecule has 1 heterocycles. The van der Waals surface area contributed by atoms with E-state index in [1.165, 1.54) is 7.11 Å². The highest BCUT2D eigenvalue weighted by Crippen LogP contribution is 2.20. The largest absolute Gasteiger partial charge is 0.468 e. The average molecular weight is 303 g/mol. The third kappa shape index (κ3) is 3.67. The van der Waals surface area contributed by atoms with Crippen molar-refractivity contribution >= 4 is 5.97 Å². The van der Waals surface area contributed by atoms with Gasteiger partial charge in [-0.25, -0.2) is 0 Å². The molecule has 2 rings (SSSR count). The number of para-hydroxylation sites is 1. The number of nitrogens with one attached hydrogen (secondary N) is 1. The van der Waals surface area contributed by atoms with Crippen LogP contribution in [0.1, 0.15) is 26.6 Å². The van der Waals surface area contributed by atoms with Crippen LogP contribution in [0.4, 0.5) is 0 Å². The Balaban J connectivity index is 2.15. The van der Waals surface area contributed by atoms with Crippen LogP contribution in [0.5, 0.6) is 0 Å². The minimum atomic E-state index is -0.446. The molecule has 7 nitrogen and oxygen atoms in total. The number of ether oxygens (including phenoxy) is 1. The van der Waals surface area contributed by atoms with Gasteiger partial charge in [0.2, 0.25) is 0 Å². The molecule has 0 aliphatic heterocycles. The van der Waals surface area contributed by atoms with E-state index < -0.39 is 6.04 Å². The summed E-state index contributed by atoms with van der Waals surface area (Å²) in [4.78, 5) is 11.9. The molecule has 1 aromatic heterocycles. The number of hydrogen-bond donors (Lipinski definition) is 1. The molecule has 0 amide bonds. The van der Waals surface area contributed by atoms with Gasteiger partial charge >= 0.3 is 5.97 Å². The number of methoxy groups -OCH3 is 1. The van der Waals surface area contributed by atoms with E-state index in [0.717, 1.165) is 5.69 Å². The second-order valence-electron chi connectivity index (χ2n) is 6.05. The van der Waals surface area contributed by atoms with Gasteiger partial charge in [0.1, 0.15) is 6.04 Å². The normalized spacial score (nSPS) is 12.9. The Hall–Kier alpha value is -2.28. The van der Waals surface area contributed by atoms with Gasteiger partial charge in [0.15, 0.2) is 5.82 Å². The van der Waals surface area contributed by atoms with Gasteiger partial charge in [0.05, 0.1) is 19.3 Å². The lowest BCUT2D eigenvalue weighted by Crippen LogP contribution is -2.47. The van der Waals surface area contributed by atoms with Crippen LogP contribution in [0.15, 0.2) is 30.3 Å². The second kappa shape index (κ2) is 6.65. The van der Waals surface area contributed by atoms with E-state index in [4.69, 9.17) is 4.74 Å². The predicted molar refractivity (Wildman–Crippen MR) is 81.3 cm³/mol. The zero-order valence-electron chi connectivity index (χ0n) is 13.3. The van der Waals surface area contributed by atoms with Crippen molar-refractivity contribution in [3.63, 3.8) is 0 Å². The average Bonchev–Trinajstić information content (AvgIpc) is 2.95. The van der Waals surface area contributed by atoms with Crippen LogP contribution in [0.2, 0.25) is 0 Å². The van der Waals surface area contributed by atoms with Gasteiger partial charge in [0.25, 0.3) is 0 Å². The van der Waals surface area contributed by atoms with E-state index in [-0.39, 0.29) is 11.4 Å². The standard InChI is InChI=1S/C15H21N5O2/c1-15(2,3)13(14(21)22-4)16-10-12-17-18-19-20(12)11-8-6-5-7-9-11/h5-9,13,16H,10H2,1-4H3/t13-/m1/s1. The molecule has 7 heteroatoms. The van der Waals surface area contributed by atoms with Gasteiger partial charge in [-0.3, -0.25) is 10.1 Å². The summed E-state index contributed by atoms with van der Waals surface area (Å²) < 4.78 is 6.51. The quantitative estimate of drug-likeness (QED) is 0.839. The smallest absolute Gasteiger partial charge is 0.323 e. The molecule has 1 atom stereocenters. The molecule has 118 valence electrons. The van der Waals surface area contributed by atoms with Crippen molar-refractivity contribution < 1.29 is 9.53 Å². The van der Waals surface area contributed by atoms with Gasteiger partial charge in [-0.05, 0) is 28.0 Å². The summed E-state index contributed by atoms with van der Waals surface area (Å²) in [5.41, 5.74) is 0.590. The van der Waals surface area contributed by atoms with Crippen molar-refractivity contribution in [1.82, 2.24) is 25.5 Å². The molecule has 0 saturated carbocycles. The summed E-state index contributed by atoms with van der Waals surface area (Å²) in [6.07, 6.45) is 0. The highest BCUT2D eigenvalue weighted by atomic mass is 16.5. The lowest BCUT2D eigenvalue weighted by Gasteiger charge is -2.28. The molecule has 0 bridgehead atoms. The molecule has 0 spiro atoms. The van der Waals surface area contributed by atoms with Crippen LogP contribution in [-0.4, -0.2) is 39.3 Å². The molecule has 1 N–H and O–H groups in total. The number of rotatable bonds is 5. The topological polar surface area (TPSA) is 81.9 Å². The molecule has 0 unspecified atom stereocenters. The SMILES string of the molecule is COC(=O)[C@@H](NCc1nnnn1-c1ccccc1)C(C)(C)C. The fraction of sp³-hybridized carbons (Fsp3) is 0.467. The summed E-state index contributed by atoms with van der Waals surface area (Å²) >= 11 is 0. The first-order chi connectivity index (χ1) is 10.4. The molecule has 0 aliphatic carbocycles. The Morgan fingerprint density at radius 1 is 1.32 bits per heavy atom. The number of carbonyl (C=O) groups excluding carboxylic acids is 1. The van der Waals surface area contributed by atoms with Crippen LogP contribution in [-0.2, 0) is 16.1 Å². The Morgan fingerprint density at radius 3 is 2.59 bits per heavy atom. The second-order valence-corrected chi connectivity index (χ2v) is 6.05. The fourth-order valence-electron chi connectivity index (χ4n) is 2.14. The number of esters is 1. The first-order valence-electron chi connectivity index (χ1n) is 7.07. The Morgan fingerprint density at radius 2 is 2.00 bits per heavy atom. The van der Waals surface area contributed by atoms with Crippen molar-refractivity contribution in [2.24, 2.45) is 5.41 Å². The molecule has 0 fully saturated rings. The lowest BCUT2D eigenvalue weighted by atomic mass is 9.87. The van der Waals surface area contributed by atoms with Gasteiger partial charge in [0, 0.05) is 0 Å². The first-order valence-corrected chi connectivity index (χ1v) is 7.07. The van der Waals surface area contributed by atoms with E-state index in [0.29, 0.717) is 12.4 Å². The molecule has 0 aliphatic rings. The lowest BCUT2D eigenvalue weighted by molar-refractivity contribution is -0.146. The zero-order valence-corrected chi connectivity index (χ0v) is 13.3. The molecule has 2 aromatic rings. The van der Waals surface area contributed by atoms with E-state index in [1.807, 2.05) is 51.1 Å². The number of hydrogen-bond acceptors (Lipinski definition) is 6.